The van der Waals surface area contributed by atoms with E-state index in [1.54, 1.807) is 17.9 Å². The molecule has 1 amide bonds. The van der Waals surface area contributed by atoms with Gasteiger partial charge in [0.25, 0.3) is 5.91 Å². The van der Waals surface area contributed by atoms with Crippen LogP contribution in [0.3, 0.4) is 0 Å². The molecule has 0 saturated carbocycles. The summed E-state index contributed by atoms with van der Waals surface area (Å²) in [4.78, 5) is 14.7. The molecule has 8 heteroatoms. The lowest BCUT2D eigenvalue weighted by Gasteiger charge is -2.32. The molecule has 1 atom stereocenters. The summed E-state index contributed by atoms with van der Waals surface area (Å²) in [5, 5.41) is 4.16. The number of nitrogens with zero attached hydrogens (tertiary/aromatic N) is 3. The maximum absolute atomic E-state index is 13.0. The maximum Gasteiger partial charge on any atom is 0.416 e. The van der Waals surface area contributed by atoms with E-state index in [9.17, 15) is 18.0 Å². The molecule has 3 rings (SSSR count). The molecular formula is C20H24F3N3O2. The predicted octanol–water partition coefficient (Wildman–Crippen LogP) is 4.23. The van der Waals surface area contributed by atoms with Crippen molar-refractivity contribution in [2.45, 2.75) is 45.4 Å². The fourth-order valence-corrected chi connectivity index (χ4v) is 3.41. The van der Waals surface area contributed by atoms with Gasteiger partial charge in [-0.1, -0.05) is 13.0 Å². The second-order valence-corrected chi connectivity index (χ2v) is 6.99. The van der Waals surface area contributed by atoms with Gasteiger partial charge in [0, 0.05) is 19.7 Å². The van der Waals surface area contributed by atoms with Crippen molar-refractivity contribution in [3.63, 3.8) is 0 Å². The lowest BCUT2D eigenvalue weighted by Crippen LogP contribution is -2.43. The molecule has 0 N–H and O–H groups in total. The van der Waals surface area contributed by atoms with Crippen molar-refractivity contribution < 1.29 is 22.7 Å². The Balaban J connectivity index is 1.80. The van der Waals surface area contributed by atoms with E-state index in [4.69, 9.17) is 4.74 Å². The number of aromatic nitrogens is 2. The molecule has 1 aliphatic heterocycles. The highest BCUT2D eigenvalue weighted by Gasteiger charge is 2.31. The summed E-state index contributed by atoms with van der Waals surface area (Å²) in [6.45, 7) is 5.55. The van der Waals surface area contributed by atoms with Crippen molar-refractivity contribution in [3.05, 3.63) is 47.3 Å². The van der Waals surface area contributed by atoms with Crippen LogP contribution >= 0.6 is 0 Å². The van der Waals surface area contributed by atoms with Crippen molar-refractivity contribution in [1.29, 1.82) is 0 Å². The van der Waals surface area contributed by atoms with Crippen molar-refractivity contribution in [3.8, 4) is 5.69 Å². The summed E-state index contributed by atoms with van der Waals surface area (Å²) in [5.41, 5.74) is 0.434. The van der Waals surface area contributed by atoms with Gasteiger partial charge < -0.3 is 9.64 Å². The van der Waals surface area contributed by atoms with Gasteiger partial charge in [0.05, 0.1) is 34.8 Å². The van der Waals surface area contributed by atoms with Crippen LogP contribution in [0.2, 0.25) is 0 Å². The van der Waals surface area contributed by atoms with Gasteiger partial charge in [0.1, 0.15) is 0 Å². The first-order chi connectivity index (χ1) is 13.3. The van der Waals surface area contributed by atoms with Gasteiger partial charge in [-0.3, -0.25) is 4.79 Å². The number of rotatable bonds is 5. The Kier molecular flexibility index (Phi) is 6.07. The summed E-state index contributed by atoms with van der Waals surface area (Å²) in [7, 11) is 0. The Labute approximate surface area is 162 Å². The van der Waals surface area contributed by atoms with Crippen molar-refractivity contribution in [2.75, 3.05) is 19.7 Å². The van der Waals surface area contributed by atoms with Gasteiger partial charge in [-0.05, 0) is 44.4 Å². The number of halogens is 3. The predicted molar refractivity (Wildman–Crippen MR) is 98.5 cm³/mol. The van der Waals surface area contributed by atoms with Gasteiger partial charge in [0.2, 0.25) is 0 Å². The summed E-state index contributed by atoms with van der Waals surface area (Å²) in [5.74, 6) is -0.166. The zero-order chi connectivity index (χ0) is 20.3. The summed E-state index contributed by atoms with van der Waals surface area (Å²) < 4.78 is 46.1. The highest BCUT2D eigenvalue weighted by molar-refractivity contribution is 5.95. The standard InChI is InChI=1S/C20H24F3N3O2/c1-3-10-28-17-8-5-9-25(13-17)19(27)18-12-24-26(14(18)2)16-7-4-6-15(11-16)20(21,22)23/h4,6-7,11-12,17H,3,5,8-10,13H2,1-2H3/t17-/m1/s1. The number of likely N-dealkylation sites (tertiary alicyclic amines) is 1. The van der Waals surface area contributed by atoms with Gasteiger partial charge in [-0.25, -0.2) is 4.68 Å². The molecule has 1 saturated heterocycles. The minimum atomic E-state index is -4.43. The molecule has 0 bridgehead atoms. The molecule has 1 aliphatic rings. The van der Waals surface area contributed by atoms with Crippen molar-refractivity contribution in [1.82, 2.24) is 14.7 Å². The molecule has 28 heavy (non-hydrogen) atoms. The van der Waals surface area contributed by atoms with Gasteiger partial charge in [-0.2, -0.15) is 18.3 Å². The minimum absolute atomic E-state index is 0.0245. The van der Waals surface area contributed by atoms with Gasteiger partial charge in [-0.15, -0.1) is 0 Å². The number of alkyl halides is 3. The van der Waals surface area contributed by atoms with Crippen LogP contribution in [0, 0.1) is 6.92 Å². The summed E-state index contributed by atoms with van der Waals surface area (Å²) in [6.07, 6.45) is -0.275. The van der Waals surface area contributed by atoms with Gasteiger partial charge in [0.15, 0.2) is 0 Å². The average molecular weight is 395 g/mol. The first-order valence-corrected chi connectivity index (χ1v) is 9.44. The minimum Gasteiger partial charge on any atom is -0.376 e. The number of hydrogen-bond acceptors (Lipinski definition) is 3. The molecule has 0 aliphatic carbocycles. The molecule has 1 aromatic heterocycles. The van der Waals surface area contributed by atoms with E-state index >= 15 is 0 Å². The molecule has 0 unspecified atom stereocenters. The smallest absolute Gasteiger partial charge is 0.376 e. The number of amides is 1. The Morgan fingerprint density at radius 3 is 2.86 bits per heavy atom. The average Bonchev–Trinajstić information content (AvgIpc) is 3.07. The van der Waals surface area contributed by atoms with E-state index in [2.05, 4.69) is 5.10 Å². The molecule has 1 aromatic carbocycles. The van der Waals surface area contributed by atoms with Crippen molar-refractivity contribution in [2.24, 2.45) is 0 Å². The van der Waals surface area contributed by atoms with Crippen LogP contribution in [0.5, 0.6) is 0 Å². The highest BCUT2D eigenvalue weighted by Crippen LogP contribution is 2.30. The van der Waals surface area contributed by atoms with E-state index in [1.165, 1.54) is 16.9 Å². The fraction of sp³-hybridized carbons (Fsp3) is 0.500. The van der Waals surface area contributed by atoms with Crippen LogP contribution in [0.15, 0.2) is 30.5 Å². The molecule has 0 spiro atoms. The van der Waals surface area contributed by atoms with Crippen LogP contribution in [0.1, 0.15) is 47.8 Å². The van der Waals surface area contributed by atoms with Gasteiger partial charge >= 0.3 is 6.18 Å². The number of hydrogen-bond donors (Lipinski definition) is 0. The fourth-order valence-electron chi connectivity index (χ4n) is 3.41. The zero-order valence-corrected chi connectivity index (χ0v) is 16.0. The van der Waals surface area contributed by atoms with E-state index in [1.807, 2.05) is 6.92 Å². The Morgan fingerprint density at radius 1 is 1.36 bits per heavy atom. The number of carbonyl (C=O) groups excluding carboxylic acids is 1. The van der Waals surface area contributed by atoms with Crippen LogP contribution in [0.25, 0.3) is 5.69 Å². The van der Waals surface area contributed by atoms with Crippen molar-refractivity contribution >= 4 is 5.91 Å². The Hall–Kier alpha value is -2.35. The normalized spacial score (nSPS) is 17.8. The van der Waals surface area contributed by atoms with E-state index < -0.39 is 11.7 Å². The number of benzene rings is 1. The Bertz CT molecular complexity index is 832. The number of ether oxygens (including phenoxy) is 1. The third kappa shape index (κ3) is 4.38. The van der Waals surface area contributed by atoms with E-state index in [-0.39, 0.29) is 17.7 Å². The Morgan fingerprint density at radius 2 is 2.14 bits per heavy atom. The zero-order valence-electron chi connectivity index (χ0n) is 16.0. The lowest BCUT2D eigenvalue weighted by molar-refractivity contribution is -0.137. The second-order valence-electron chi connectivity index (χ2n) is 6.99. The third-order valence-corrected chi connectivity index (χ3v) is 4.88. The van der Waals surface area contributed by atoms with E-state index in [0.29, 0.717) is 31.0 Å². The maximum atomic E-state index is 13.0. The SMILES string of the molecule is CCCO[C@@H]1CCCN(C(=O)c2cnn(-c3cccc(C(F)(F)F)c3)c2C)C1. The summed E-state index contributed by atoms with van der Waals surface area (Å²) in [6, 6.07) is 4.92. The van der Waals surface area contributed by atoms with Crippen LogP contribution in [0.4, 0.5) is 13.2 Å². The first kappa shape index (κ1) is 20.4. The monoisotopic (exact) mass is 395 g/mol. The number of carbonyl (C=O) groups is 1. The van der Waals surface area contributed by atoms with E-state index in [0.717, 1.165) is 31.4 Å². The molecule has 152 valence electrons. The molecule has 5 nitrogen and oxygen atoms in total. The quantitative estimate of drug-likeness (QED) is 0.761. The molecule has 2 aromatic rings. The highest BCUT2D eigenvalue weighted by atomic mass is 19.4. The molecule has 2 heterocycles. The summed E-state index contributed by atoms with van der Waals surface area (Å²) >= 11 is 0. The third-order valence-electron chi connectivity index (χ3n) is 4.88. The molecular weight excluding hydrogens is 371 g/mol. The number of piperidine rings is 1. The van der Waals surface area contributed by atoms with Crippen LogP contribution < -0.4 is 0 Å². The molecule has 1 fully saturated rings. The lowest BCUT2D eigenvalue weighted by atomic mass is 10.1. The topological polar surface area (TPSA) is 47.4 Å². The first-order valence-electron chi connectivity index (χ1n) is 9.44. The van der Waals surface area contributed by atoms with Crippen LogP contribution in [-0.4, -0.2) is 46.4 Å². The largest absolute Gasteiger partial charge is 0.416 e. The molecule has 0 radical (unpaired) electrons. The van der Waals surface area contributed by atoms with Crippen LogP contribution in [-0.2, 0) is 10.9 Å². The second kappa shape index (κ2) is 8.34.